The fraction of sp³-hybridized carbons (Fsp3) is 0.500. The lowest BCUT2D eigenvalue weighted by atomic mass is 10.1. The summed E-state index contributed by atoms with van der Waals surface area (Å²) in [5.74, 6) is 0.859. The van der Waals surface area contributed by atoms with Crippen LogP contribution in [0.1, 0.15) is 37.8 Å². The molecular weight excluding hydrogens is 401 g/mol. The molecular formula is C18H28IN3O. The first-order valence-corrected chi connectivity index (χ1v) is 7.99. The lowest BCUT2D eigenvalue weighted by molar-refractivity contribution is 0.0657. The number of hydrogen-bond acceptors (Lipinski definition) is 2. The number of nitrogens with one attached hydrogen (secondary N) is 2. The maximum absolute atomic E-state index is 5.65. The monoisotopic (exact) mass is 429 g/mol. The van der Waals surface area contributed by atoms with E-state index in [-0.39, 0.29) is 30.1 Å². The summed E-state index contributed by atoms with van der Waals surface area (Å²) in [7, 11) is 1.81. The molecule has 0 aromatic heterocycles. The van der Waals surface area contributed by atoms with Crippen molar-refractivity contribution in [2.75, 3.05) is 7.05 Å². The molecule has 0 radical (unpaired) electrons. The Morgan fingerprint density at radius 2 is 1.96 bits per heavy atom. The number of ether oxygens (including phenoxy) is 1. The van der Waals surface area contributed by atoms with Crippen molar-refractivity contribution in [3.63, 3.8) is 0 Å². The topological polar surface area (TPSA) is 45.7 Å². The fourth-order valence-corrected chi connectivity index (χ4v) is 2.40. The maximum Gasteiger partial charge on any atom is 0.191 e. The average Bonchev–Trinajstić information content (AvgIpc) is 3.03. The molecule has 0 saturated heterocycles. The van der Waals surface area contributed by atoms with Gasteiger partial charge in [0.15, 0.2) is 5.96 Å². The lowest BCUT2D eigenvalue weighted by Crippen LogP contribution is -2.42. The molecule has 1 aromatic rings. The van der Waals surface area contributed by atoms with Crippen LogP contribution in [0.5, 0.6) is 0 Å². The predicted octanol–water partition coefficient (Wildman–Crippen LogP) is 3.61. The number of guanidine groups is 1. The normalized spacial score (nSPS) is 14.9. The number of nitrogens with zero attached hydrogens (tertiary/aromatic N) is 1. The van der Waals surface area contributed by atoms with Crippen LogP contribution >= 0.6 is 24.0 Å². The molecule has 1 aliphatic carbocycles. The van der Waals surface area contributed by atoms with Gasteiger partial charge in [0.25, 0.3) is 0 Å². The van der Waals surface area contributed by atoms with E-state index >= 15 is 0 Å². The number of hydrogen-bond donors (Lipinski definition) is 2. The third-order valence-electron chi connectivity index (χ3n) is 3.61. The van der Waals surface area contributed by atoms with Crippen molar-refractivity contribution >= 4 is 29.9 Å². The van der Waals surface area contributed by atoms with Crippen molar-refractivity contribution in [2.24, 2.45) is 4.99 Å². The largest absolute Gasteiger partial charge is 0.374 e. The van der Waals surface area contributed by atoms with E-state index in [1.165, 1.54) is 11.1 Å². The highest BCUT2D eigenvalue weighted by molar-refractivity contribution is 14.0. The van der Waals surface area contributed by atoms with Gasteiger partial charge >= 0.3 is 0 Å². The molecule has 128 valence electrons. The van der Waals surface area contributed by atoms with Gasteiger partial charge < -0.3 is 15.4 Å². The molecule has 0 atom stereocenters. The molecule has 0 unspecified atom stereocenters. The first-order chi connectivity index (χ1) is 10.7. The van der Waals surface area contributed by atoms with Gasteiger partial charge in [-0.1, -0.05) is 36.4 Å². The van der Waals surface area contributed by atoms with Gasteiger partial charge in [-0.3, -0.25) is 4.99 Å². The van der Waals surface area contributed by atoms with E-state index in [4.69, 9.17) is 4.74 Å². The van der Waals surface area contributed by atoms with Gasteiger partial charge in [0.2, 0.25) is 0 Å². The SMILES string of the molecule is CN=C(NCc1cccc(COC(C)C)c1)NC1CC=CC1.I. The Kier molecular flexibility index (Phi) is 9.24. The Hall–Kier alpha value is -1.08. The second-order valence-corrected chi connectivity index (χ2v) is 5.89. The molecule has 5 heteroatoms. The van der Waals surface area contributed by atoms with Crippen LogP contribution in [-0.2, 0) is 17.9 Å². The van der Waals surface area contributed by atoms with Crippen LogP contribution in [0.15, 0.2) is 41.4 Å². The van der Waals surface area contributed by atoms with Crippen LogP contribution in [0.3, 0.4) is 0 Å². The Labute approximate surface area is 156 Å². The second kappa shape index (κ2) is 10.6. The summed E-state index contributed by atoms with van der Waals surface area (Å²) in [5, 5.41) is 6.82. The molecule has 0 fully saturated rings. The zero-order chi connectivity index (χ0) is 15.8. The van der Waals surface area contributed by atoms with Gasteiger partial charge in [0.05, 0.1) is 12.7 Å². The van der Waals surface area contributed by atoms with Crippen molar-refractivity contribution in [2.45, 2.75) is 52.0 Å². The van der Waals surface area contributed by atoms with Crippen molar-refractivity contribution < 1.29 is 4.74 Å². The molecule has 0 bridgehead atoms. The van der Waals surface area contributed by atoms with Gasteiger partial charge in [-0.05, 0) is 37.8 Å². The van der Waals surface area contributed by atoms with Crippen molar-refractivity contribution in [3.05, 3.63) is 47.5 Å². The second-order valence-electron chi connectivity index (χ2n) is 5.89. The van der Waals surface area contributed by atoms with E-state index in [9.17, 15) is 0 Å². The van der Waals surface area contributed by atoms with Gasteiger partial charge in [0, 0.05) is 19.6 Å². The first kappa shape index (κ1) is 20.0. The summed E-state index contributed by atoms with van der Waals surface area (Å²) < 4.78 is 5.65. The standard InChI is InChI=1S/C18H27N3O.HI/c1-14(2)22-13-16-8-6-7-15(11-16)12-20-18(19-3)21-17-9-4-5-10-17;/h4-8,11,14,17H,9-10,12-13H2,1-3H3,(H2,19,20,21);1H. The van der Waals surface area contributed by atoms with Gasteiger partial charge in [-0.2, -0.15) is 0 Å². The molecule has 0 aliphatic heterocycles. The summed E-state index contributed by atoms with van der Waals surface area (Å²) in [5.41, 5.74) is 2.44. The van der Waals surface area contributed by atoms with Gasteiger partial charge in [0.1, 0.15) is 0 Å². The summed E-state index contributed by atoms with van der Waals surface area (Å²) in [6.07, 6.45) is 6.82. The maximum atomic E-state index is 5.65. The summed E-state index contributed by atoms with van der Waals surface area (Å²) >= 11 is 0. The van der Waals surface area contributed by atoms with Crippen LogP contribution in [0.25, 0.3) is 0 Å². The van der Waals surface area contributed by atoms with Crippen molar-refractivity contribution in [1.82, 2.24) is 10.6 Å². The van der Waals surface area contributed by atoms with Crippen molar-refractivity contribution in [1.29, 1.82) is 0 Å². The Bertz CT molecular complexity index is 521. The van der Waals surface area contributed by atoms with E-state index in [1.54, 1.807) is 0 Å². The molecule has 1 aliphatic rings. The summed E-state index contributed by atoms with van der Waals surface area (Å²) in [6.45, 7) is 5.53. The summed E-state index contributed by atoms with van der Waals surface area (Å²) in [4.78, 5) is 4.29. The third kappa shape index (κ3) is 7.35. The Morgan fingerprint density at radius 3 is 2.61 bits per heavy atom. The summed E-state index contributed by atoms with van der Waals surface area (Å²) in [6, 6.07) is 8.95. The molecule has 0 heterocycles. The predicted molar refractivity (Wildman–Crippen MR) is 107 cm³/mol. The first-order valence-electron chi connectivity index (χ1n) is 7.99. The number of rotatable bonds is 6. The molecule has 23 heavy (non-hydrogen) atoms. The Morgan fingerprint density at radius 1 is 1.26 bits per heavy atom. The van der Waals surface area contributed by atoms with E-state index in [0.29, 0.717) is 12.6 Å². The van der Waals surface area contributed by atoms with Crippen LogP contribution in [0.2, 0.25) is 0 Å². The number of benzene rings is 1. The van der Waals surface area contributed by atoms with E-state index < -0.39 is 0 Å². The highest BCUT2D eigenvalue weighted by Crippen LogP contribution is 2.10. The highest BCUT2D eigenvalue weighted by atomic mass is 127. The molecule has 0 saturated carbocycles. The quantitative estimate of drug-likeness (QED) is 0.314. The average molecular weight is 429 g/mol. The molecule has 0 spiro atoms. The van der Waals surface area contributed by atoms with Crippen LogP contribution in [-0.4, -0.2) is 25.2 Å². The number of halogens is 1. The molecule has 4 nitrogen and oxygen atoms in total. The third-order valence-corrected chi connectivity index (χ3v) is 3.61. The molecule has 1 aromatic carbocycles. The fourth-order valence-electron chi connectivity index (χ4n) is 2.40. The highest BCUT2D eigenvalue weighted by Gasteiger charge is 2.11. The molecule has 2 N–H and O–H groups in total. The smallest absolute Gasteiger partial charge is 0.191 e. The molecule has 2 rings (SSSR count). The zero-order valence-electron chi connectivity index (χ0n) is 14.2. The minimum Gasteiger partial charge on any atom is -0.374 e. The molecule has 0 amide bonds. The minimum atomic E-state index is 0. The van der Waals surface area contributed by atoms with Crippen LogP contribution < -0.4 is 10.6 Å². The van der Waals surface area contributed by atoms with Crippen LogP contribution in [0.4, 0.5) is 0 Å². The van der Waals surface area contributed by atoms with E-state index in [1.807, 2.05) is 7.05 Å². The van der Waals surface area contributed by atoms with Crippen molar-refractivity contribution in [3.8, 4) is 0 Å². The van der Waals surface area contributed by atoms with E-state index in [0.717, 1.165) is 25.3 Å². The zero-order valence-corrected chi connectivity index (χ0v) is 16.5. The van der Waals surface area contributed by atoms with E-state index in [2.05, 4.69) is 65.9 Å². The minimum absolute atomic E-state index is 0. The van der Waals surface area contributed by atoms with Gasteiger partial charge in [-0.25, -0.2) is 0 Å². The van der Waals surface area contributed by atoms with Crippen LogP contribution in [0, 0.1) is 0 Å². The van der Waals surface area contributed by atoms with Gasteiger partial charge in [-0.15, -0.1) is 24.0 Å². The lowest BCUT2D eigenvalue weighted by Gasteiger charge is -2.17. The number of aliphatic imine (C=N–C) groups is 1. The Balaban J connectivity index is 0.00000264.